The summed E-state index contributed by atoms with van der Waals surface area (Å²) in [6.45, 7) is 2.82. The van der Waals surface area contributed by atoms with Crippen molar-refractivity contribution in [1.82, 2.24) is 13.8 Å². The number of hydrogen-bond acceptors (Lipinski definition) is 3. The monoisotopic (exact) mass is 391 g/mol. The van der Waals surface area contributed by atoms with E-state index in [1.54, 1.807) is 23.1 Å². The molecule has 0 unspecified atom stereocenters. The highest BCUT2D eigenvalue weighted by molar-refractivity contribution is 7.89. The zero-order chi connectivity index (χ0) is 19.2. The summed E-state index contributed by atoms with van der Waals surface area (Å²) in [6, 6.07) is 9.29. The van der Waals surface area contributed by atoms with Gasteiger partial charge in [-0.2, -0.15) is 4.31 Å². The van der Waals surface area contributed by atoms with Gasteiger partial charge in [0.1, 0.15) is 11.5 Å². The minimum atomic E-state index is -3.34. The predicted octanol–water partition coefficient (Wildman–Crippen LogP) is 2.25. The molecule has 4 rings (SSSR count). The van der Waals surface area contributed by atoms with E-state index in [2.05, 4.69) is 0 Å². The maximum Gasteiger partial charge on any atom is 0.271 e. The van der Waals surface area contributed by atoms with Crippen LogP contribution in [0.4, 0.5) is 4.39 Å². The molecule has 1 amide bonds. The van der Waals surface area contributed by atoms with Gasteiger partial charge in [-0.15, -0.1) is 0 Å². The highest BCUT2D eigenvalue weighted by atomic mass is 32.2. The lowest BCUT2D eigenvalue weighted by Gasteiger charge is -2.38. The molecule has 144 valence electrons. The van der Waals surface area contributed by atoms with Crippen LogP contribution in [-0.2, 0) is 16.6 Å². The van der Waals surface area contributed by atoms with Gasteiger partial charge in [-0.05, 0) is 36.2 Å². The number of halogens is 1. The predicted molar refractivity (Wildman–Crippen MR) is 99.2 cm³/mol. The molecule has 0 bridgehead atoms. The fourth-order valence-electron chi connectivity index (χ4n) is 4.07. The Hall–Kier alpha value is -2.19. The fraction of sp³-hybridized carbons (Fsp3) is 0.421. The van der Waals surface area contributed by atoms with Crippen molar-refractivity contribution in [2.24, 2.45) is 0 Å². The molecule has 2 aliphatic rings. The number of carbonyl (C=O) groups is 1. The normalized spacial score (nSPS) is 22.7. The first-order valence-electron chi connectivity index (χ1n) is 9.11. The van der Waals surface area contributed by atoms with E-state index < -0.39 is 10.0 Å². The first-order chi connectivity index (χ1) is 12.9. The maximum atomic E-state index is 13.2. The number of hydrogen-bond donors (Lipinski definition) is 0. The summed E-state index contributed by atoms with van der Waals surface area (Å²) < 4.78 is 41.8. The Bertz CT molecular complexity index is 955. The van der Waals surface area contributed by atoms with Crippen LogP contribution in [0.1, 0.15) is 35.4 Å². The second kappa shape index (κ2) is 6.76. The molecule has 2 aliphatic heterocycles. The van der Waals surface area contributed by atoms with E-state index in [1.165, 1.54) is 16.4 Å². The molecule has 8 heteroatoms. The van der Waals surface area contributed by atoms with Gasteiger partial charge in [0.15, 0.2) is 0 Å². The molecule has 27 heavy (non-hydrogen) atoms. The van der Waals surface area contributed by atoms with Gasteiger partial charge in [-0.3, -0.25) is 4.79 Å². The number of nitrogens with zero attached hydrogens (tertiary/aromatic N) is 3. The standard InChI is InChI=1S/C19H22FN3O3S/c1-2-10-27(25,26)21-12-17-18(13-21)23(11-14-5-7-15(20)8-6-14)19(24)16-4-3-9-22(16)17/h3-9,17-18H,2,10-13H2,1H3/t17-,18+/m0/s1. The van der Waals surface area contributed by atoms with Crippen molar-refractivity contribution in [1.29, 1.82) is 0 Å². The highest BCUT2D eigenvalue weighted by Crippen LogP contribution is 2.35. The van der Waals surface area contributed by atoms with E-state index in [4.69, 9.17) is 0 Å². The molecule has 2 aromatic rings. The summed E-state index contributed by atoms with van der Waals surface area (Å²) in [5.41, 5.74) is 1.38. The van der Waals surface area contributed by atoms with Gasteiger partial charge in [-0.1, -0.05) is 19.1 Å². The second-order valence-corrected chi connectivity index (χ2v) is 9.22. The molecule has 0 saturated carbocycles. The van der Waals surface area contributed by atoms with Crippen LogP contribution < -0.4 is 0 Å². The van der Waals surface area contributed by atoms with Crippen molar-refractivity contribution in [2.45, 2.75) is 32.0 Å². The lowest BCUT2D eigenvalue weighted by Crippen LogP contribution is -2.49. The summed E-state index contributed by atoms with van der Waals surface area (Å²) in [7, 11) is -3.34. The van der Waals surface area contributed by atoms with Crippen molar-refractivity contribution in [3.63, 3.8) is 0 Å². The Morgan fingerprint density at radius 1 is 1.11 bits per heavy atom. The quantitative estimate of drug-likeness (QED) is 0.785. The van der Waals surface area contributed by atoms with Crippen LogP contribution >= 0.6 is 0 Å². The Kier molecular flexibility index (Phi) is 4.55. The fourth-order valence-corrected chi connectivity index (χ4v) is 5.60. The number of benzene rings is 1. The Morgan fingerprint density at radius 3 is 2.52 bits per heavy atom. The number of rotatable bonds is 5. The first-order valence-corrected chi connectivity index (χ1v) is 10.7. The lowest BCUT2D eigenvalue weighted by molar-refractivity contribution is 0.0559. The van der Waals surface area contributed by atoms with Crippen LogP contribution in [0.15, 0.2) is 42.6 Å². The van der Waals surface area contributed by atoms with Crippen molar-refractivity contribution in [3.05, 3.63) is 59.7 Å². The van der Waals surface area contributed by atoms with Crippen molar-refractivity contribution in [3.8, 4) is 0 Å². The van der Waals surface area contributed by atoms with Crippen LogP contribution in [0.3, 0.4) is 0 Å². The summed E-state index contributed by atoms with van der Waals surface area (Å²) in [4.78, 5) is 14.8. The molecule has 1 aromatic carbocycles. The minimum Gasteiger partial charge on any atom is -0.337 e. The third-order valence-electron chi connectivity index (χ3n) is 5.36. The van der Waals surface area contributed by atoms with Gasteiger partial charge in [0.25, 0.3) is 5.91 Å². The summed E-state index contributed by atoms with van der Waals surface area (Å²) >= 11 is 0. The molecule has 2 atom stereocenters. The Balaban J connectivity index is 1.68. The topological polar surface area (TPSA) is 62.6 Å². The SMILES string of the molecule is CCCS(=O)(=O)N1C[C@@H]2[C@H](C1)n1cccc1C(=O)N2Cc1ccc(F)cc1. The van der Waals surface area contributed by atoms with E-state index in [-0.39, 0.29) is 36.1 Å². The summed E-state index contributed by atoms with van der Waals surface area (Å²) in [6.07, 6.45) is 2.40. The van der Waals surface area contributed by atoms with Gasteiger partial charge in [0.05, 0.1) is 17.8 Å². The largest absolute Gasteiger partial charge is 0.337 e. The molecule has 0 spiro atoms. The number of aromatic nitrogens is 1. The van der Waals surface area contributed by atoms with E-state index in [0.29, 0.717) is 25.2 Å². The molecule has 6 nitrogen and oxygen atoms in total. The Labute approximate surface area is 158 Å². The maximum absolute atomic E-state index is 13.2. The third-order valence-corrected chi connectivity index (χ3v) is 7.37. The molecule has 0 aliphatic carbocycles. The van der Waals surface area contributed by atoms with Gasteiger partial charge < -0.3 is 9.47 Å². The van der Waals surface area contributed by atoms with E-state index in [9.17, 15) is 17.6 Å². The Morgan fingerprint density at radius 2 is 1.81 bits per heavy atom. The zero-order valence-corrected chi connectivity index (χ0v) is 15.9. The van der Waals surface area contributed by atoms with Crippen LogP contribution in [0.25, 0.3) is 0 Å². The molecule has 0 N–H and O–H groups in total. The molecule has 1 aromatic heterocycles. The van der Waals surface area contributed by atoms with Gasteiger partial charge in [-0.25, -0.2) is 12.8 Å². The molecular weight excluding hydrogens is 369 g/mol. The van der Waals surface area contributed by atoms with Crippen LogP contribution in [0, 0.1) is 5.82 Å². The molecular formula is C19H22FN3O3S. The van der Waals surface area contributed by atoms with Crippen molar-refractivity contribution < 1.29 is 17.6 Å². The van der Waals surface area contributed by atoms with E-state index in [1.807, 2.05) is 23.8 Å². The average molecular weight is 391 g/mol. The van der Waals surface area contributed by atoms with Gasteiger partial charge in [0.2, 0.25) is 10.0 Å². The summed E-state index contributed by atoms with van der Waals surface area (Å²) in [5.74, 6) is -0.342. The van der Waals surface area contributed by atoms with Crippen LogP contribution in [-0.4, -0.2) is 53.0 Å². The van der Waals surface area contributed by atoms with E-state index in [0.717, 1.165) is 5.56 Å². The lowest BCUT2D eigenvalue weighted by atomic mass is 10.0. The van der Waals surface area contributed by atoms with Crippen LogP contribution in [0.2, 0.25) is 0 Å². The average Bonchev–Trinajstić information content (AvgIpc) is 3.27. The molecule has 3 heterocycles. The summed E-state index contributed by atoms with van der Waals surface area (Å²) in [5, 5.41) is 0. The van der Waals surface area contributed by atoms with Crippen molar-refractivity contribution >= 4 is 15.9 Å². The molecule has 1 fully saturated rings. The number of sulfonamides is 1. The van der Waals surface area contributed by atoms with E-state index >= 15 is 0 Å². The minimum absolute atomic E-state index is 0.108. The first kappa shape index (κ1) is 18.2. The molecule has 0 radical (unpaired) electrons. The van der Waals surface area contributed by atoms with Gasteiger partial charge in [0, 0.05) is 25.8 Å². The third kappa shape index (κ3) is 3.17. The second-order valence-electron chi connectivity index (χ2n) is 7.13. The highest BCUT2D eigenvalue weighted by Gasteiger charge is 2.47. The van der Waals surface area contributed by atoms with Crippen LogP contribution in [0.5, 0.6) is 0 Å². The number of amides is 1. The van der Waals surface area contributed by atoms with Gasteiger partial charge >= 0.3 is 0 Å². The molecule has 1 saturated heterocycles. The smallest absolute Gasteiger partial charge is 0.271 e. The zero-order valence-electron chi connectivity index (χ0n) is 15.1. The number of carbonyl (C=O) groups excluding carboxylic acids is 1. The van der Waals surface area contributed by atoms with Crippen molar-refractivity contribution in [2.75, 3.05) is 18.8 Å². The number of fused-ring (bicyclic) bond motifs is 3.